The van der Waals surface area contributed by atoms with Crippen molar-refractivity contribution in [2.75, 3.05) is 6.61 Å². The lowest BCUT2D eigenvalue weighted by Gasteiger charge is -2.11. The molecular weight excluding hydrogens is 398 g/mol. The van der Waals surface area contributed by atoms with E-state index < -0.39 is 0 Å². The lowest BCUT2D eigenvalue weighted by molar-refractivity contribution is 0.341. The predicted molar refractivity (Wildman–Crippen MR) is 121 cm³/mol. The fourth-order valence-corrected chi connectivity index (χ4v) is 3.74. The Bertz CT molecular complexity index is 1190. The van der Waals surface area contributed by atoms with E-state index in [-0.39, 0.29) is 5.56 Å². The van der Waals surface area contributed by atoms with Crippen LogP contribution in [-0.2, 0) is 6.42 Å². The first-order valence-electron chi connectivity index (χ1n) is 10.3. The first-order chi connectivity index (χ1) is 14.6. The summed E-state index contributed by atoms with van der Waals surface area (Å²) >= 11 is 1.60. The van der Waals surface area contributed by atoms with E-state index in [0.29, 0.717) is 23.7 Å². The Labute approximate surface area is 179 Å². The number of thiazole rings is 1. The third kappa shape index (κ3) is 4.28. The molecule has 0 bridgehead atoms. The Kier molecular flexibility index (Phi) is 6.99. The number of benzene rings is 1. The molecule has 0 fully saturated rings. The molecule has 30 heavy (non-hydrogen) atoms. The van der Waals surface area contributed by atoms with Crippen molar-refractivity contribution in [1.82, 2.24) is 24.6 Å². The van der Waals surface area contributed by atoms with Crippen molar-refractivity contribution in [2.24, 2.45) is 0 Å². The number of rotatable bonds is 6. The van der Waals surface area contributed by atoms with Crippen LogP contribution in [0.15, 0.2) is 34.6 Å². The second-order valence-corrected chi connectivity index (χ2v) is 7.48. The SMILES string of the molecule is CC.CCCc1ncc2c(=O)[nH]c(-c3cc(-c4csc(C)n4)ccc3OCC)nn12. The summed E-state index contributed by atoms with van der Waals surface area (Å²) in [5, 5.41) is 7.69. The van der Waals surface area contributed by atoms with Gasteiger partial charge in [0.15, 0.2) is 11.3 Å². The molecule has 0 radical (unpaired) electrons. The zero-order valence-corrected chi connectivity index (χ0v) is 18.8. The number of nitrogens with one attached hydrogen (secondary N) is 1. The standard InChI is InChI=1S/C20H21N5O2S.C2H6/c1-4-6-18-21-10-16-20(26)23-19(24-25(16)18)14-9-13(7-8-17(14)27-5-2)15-11-28-12(3)22-15;1-2/h7-11H,4-6H2,1-3H3,(H,23,24,26);1-2H3. The molecule has 4 aromatic rings. The number of ether oxygens (including phenoxy) is 1. The van der Waals surface area contributed by atoms with E-state index in [2.05, 4.69) is 27.0 Å². The van der Waals surface area contributed by atoms with Crippen molar-refractivity contribution in [2.45, 2.75) is 47.5 Å². The van der Waals surface area contributed by atoms with E-state index in [4.69, 9.17) is 4.74 Å². The molecule has 1 aromatic carbocycles. The van der Waals surface area contributed by atoms with Crippen LogP contribution in [0, 0.1) is 6.92 Å². The highest BCUT2D eigenvalue weighted by Gasteiger charge is 2.16. The van der Waals surface area contributed by atoms with E-state index in [0.717, 1.165) is 40.5 Å². The first-order valence-corrected chi connectivity index (χ1v) is 11.1. The molecule has 0 unspecified atom stereocenters. The van der Waals surface area contributed by atoms with E-state index in [9.17, 15) is 4.79 Å². The number of hydrogen-bond acceptors (Lipinski definition) is 6. The van der Waals surface area contributed by atoms with Gasteiger partial charge < -0.3 is 9.72 Å². The number of aromatic amines is 1. The number of H-pyrrole nitrogens is 1. The van der Waals surface area contributed by atoms with Gasteiger partial charge in [-0.05, 0) is 38.5 Å². The highest BCUT2D eigenvalue weighted by Crippen LogP contribution is 2.33. The van der Waals surface area contributed by atoms with Gasteiger partial charge in [-0.3, -0.25) is 4.79 Å². The largest absolute Gasteiger partial charge is 0.493 e. The molecule has 3 heterocycles. The summed E-state index contributed by atoms with van der Waals surface area (Å²) in [6.45, 7) is 10.5. The molecule has 4 rings (SSSR count). The first kappa shape index (κ1) is 21.7. The maximum atomic E-state index is 12.6. The van der Waals surface area contributed by atoms with E-state index >= 15 is 0 Å². The number of aryl methyl sites for hydroxylation is 2. The van der Waals surface area contributed by atoms with Gasteiger partial charge in [0.1, 0.15) is 11.6 Å². The van der Waals surface area contributed by atoms with Crippen LogP contribution in [0.2, 0.25) is 0 Å². The maximum Gasteiger partial charge on any atom is 0.277 e. The third-order valence-electron chi connectivity index (χ3n) is 4.40. The van der Waals surface area contributed by atoms with Crippen molar-refractivity contribution in [3.63, 3.8) is 0 Å². The highest BCUT2D eigenvalue weighted by atomic mass is 32.1. The zero-order valence-electron chi connectivity index (χ0n) is 18.0. The van der Waals surface area contributed by atoms with Crippen molar-refractivity contribution < 1.29 is 4.74 Å². The quantitative estimate of drug-likeness (QED) is 0.475. The van der Waals surface area contributed by atoms with Crippen LogP contribution in [0.4, 0.5) is 0 Å². The van der Waals surface area contributed by atoms with Crippen LogP contribution in [0.3, 0.4) is 0 Å². The van der Waals surface area contributed by atoms with Crippen molar-refractivity contribution >= 4 is 16.9 Å². The van der Waals surface area contributed by atoms with Gasteiger partial charge >= 0.3 is 0 Å². The van der Waals surface area contributed by atoms with Crippen LogP contribution in [-0.4, -0.2) is 31.2 Å². The lowest BCUT2D eigenvalue weighted by atomic mass is 10.1. The molecule has 1 N–H and O–H groups in total. The minimum Gasteiger partial charge on any atom is -0.493 e. The molecule has 3 aromatic heterocycles. The molecule has 0 saturated carbocycles. The Hall–Kier alpha value is -3.00. The Morgan fingerprint density at radius 3 is 2.70 bits per heavy atom. The van der Waals surface area contributed by atoms with Crippen LogP contribution in [0.25, 0.3) is 28.2 Å². The molecule has 7 nitrogen and oxygen atoms in total. The summed E-state index contributed by atoms with van der Waals surface area (Å²) in [4.78, 5) is 24.4. The molecular formula is C22H27N5O2S. The third-order valence-corrected chi connectivity index (χ3v) is 5.17. The van der Waals surface area contributed by atoms with Crippen molar-refractivity contribution in [3.8, 4) is 28.4 Å². The fourth-order valence-electron chi connectivity index (χ4n) is 3.11. The summed E-state index contributed by atoms with van der Waals surface area (Å²) in [7, 11) is 0. The predicted octanol–water partition coefficient (Wildman–Crippen LogP) is 4.89. The van der Waals surface area contributed by atoms with E-state index in [1.807, 2.05) is 51.3 Å². The van der Waals surface area contributed by atoms with E-state index in [1.54, 1.807) is 22.0 Å². The summed E-state index contributed by atoms with van der Waals surface area (Å²) in [6.07, 6.45) is 3.24. The summed E-state index contributed by atoms with van der Waals surface area (Å²) < 4.78 is 7.43. The molecule has 0 spiro atoms. The second kappa shape index (κ2) is 9.67. The maximum absolute atomic E-state index is 12.6. The van der Waals surface area contributed by atoms with Gasteiger partial charge in [-0.1, -0.05) is 20.8 Å². The summed E-state index contributed by atoms with van der Waals surface area (Å²) in [6, 6.07) is 5.83. The van der Waals surface area contributed by atoms with E-state index in [1.165, 1.54) is 0 Å². The number of hydrogen-bond donors (Lipinski definition) is 1. The summed E-state index contributed by atoms with van der Waals surface area (Å²) in [5.74, 6) is 1.89. The monoisotopic (exact) mass is 425 g/mol. The van der Waals surface area contributed by atoms with Crippen LogP contribution >= 0.6 is 11.3 Å². The Balaban J connectivity index is 0.00000124. The molecule has 8 heteroatoms. The lowest BCUT2D eigenvalue weighted by Crippen LogP contribution is -2.15. The topological polar surface area (TPSA) is 85.2 Å². The van der Waals surface area contributed by atoms with Crippen LogP contribution in [0.5, 0.6) is 5.75 Å². The van der Waals surface area contributed by atoms with Crippen molar-refractivity contribution in [1.29, 1.82) is 0 Å². The molecule has 0 aliphatic heterocycles. The molecule has 0 aliphatic carbocycles. The number of fused-ring (bicyclic) bond motifs is 1. The van der Waals surface area contributed by atoms with Gasteiger partial charge in [-0.25, -0.2) is 14.5 Å². The van der Waals surface area contributed by atoms with Gasteiger partial charge in [-0.15, -0.1) is 16.4 Å². The van der Waals surface area contributed by atoms with Crippen LogP contribution < -0.4 is 10.3 Å². The van der Waals surface area contributed by atoms with Gasteiger partial charge in [-0.2, -0.15) is 0 Å². The normalized spacial score (nSPS) is 10.7. The number of aromatic nitrogens is 5. The second-order valence-electron chi connectivity index (χ2n) is 6.42. The van der Waals surface area contributed by atoms with Gasteiger partial charge in [0.2, 0.25) is 0 Å². The highest BCUT2D eigenvalue weighted by molar-refractivity contribution is 7.09. The zero-order chi connectivity index (χ0) is 21.7. The Morgan fingerprint density at radius 1 is 1.23 bits per heavy atom. The average Bonchev–Trinajstić information content (AvgIpc) is 3.37. The number of imidazole rings is 1. The van der Waals surface area contributed by atoms with Gasteiger partial charge in [0.25, 0.3) is 5.56 Å². The minimum atomic E-state index is -0.225. The van der Waals surface area contributed by atoms with Crippen LogP contribution in [0.1, 0.15) is 44.9 Å². The molecule has 0 aliphatic rings. The van der Waals surface area contributed by atoms with Crippen molar-refractivity contribution in [3.05, 3.63) is 51.0 Å². The molecule has 0 atom stereocenters. The Morgan fingerprint density at radius 2 is 2.03 bits per heavy atom. The minimum absolute atomic E-state index is 0.225. The smallest absolute Gasteiger partial charge is 0.277 e. The number of nitrogens with zero attached hydrogens (tertiary/aromatic N) is 4. The average molecular weight is 426 g/mol. The van der Waals surface area contributed by atoms with Gasteiger partial charge in [0.05, 0.1) is 29.1 Å². The summed E-state index contributed by atoms with van der Waals surface area (Å²) in [5.41, 5.74) is 2.78. The molecule has 0 amide bonds. The van der Waals surface area contributed by atoms with Gasteiger partial charge in [0, 0.05) is 17.4 Å². The molecule has 158 valence electrons. The molecule has 0 saturated heterocycles. The fraction of sp³-hybridized carbons (Fsp3) is 0.364.